The van der Waals surface area contributed by atoms with E-state index < -0.39 is 0 Å². The predicted octanol–water partition coefficient (Wildman–Crippen LogP) is 3.63. The summed E-state index contributed by atoms with van der Waals surface area (Å²) in [6.45, 7) is 4.84. The summed E-state index contributed by atoms with van der Waals surface area (Å²) < 4.78 is 0. The molecule has 0 saturated carbocycles. The number of urea groups is 1. The molecule has 182 valence electrons. The molecule has 0 radical (unpaired) electrons. The maximum Gasteiger partial charge on any atom is 0.319 e. The quantitative estimate of drug-likeness (QED) is 0.668. The van der Waals surface area contributed by atoms with Crippen molar-refractivity contribution in [2.75, 3.05) is 38.0 Å². The lowest BCUT2D eigenvalue weighted by Crippen LogP contribution is -2.38. The Morgan fingerprint density at radius 1 is 1.09 bits per heavy atom. The van der Waals surface area contributed by atoms with Crippen LogP contribution in [0.5, 0.6) is 0 Å². The number of hydrogen-bond donors (Lipinski definition) is 2. The SMILES string of the molecule is Cc1ccc(C(=O)N2CCC(c3ccc(C#N)cc3)CC2)cc1NC(=O)NCCN1CCCC1=O. The fourth-order valence-corrected chi connectivity index (χ4v) is 4.73. The van der Waals surface area contributed by atoms with Crippen LogP contribution in [-0.2, 0) is 4.79 Å². The van der Waals surface area contributed by atoms with Crippen molar-refractivity contribution in [3.05, 3.63) is 64.7 Å². The number of aryl methyl sites for hydroxylation is 1. The molecule has 0 atom stereocenters. The van der Waals surface area contributed by atoms with Crippen molar-refractivity contribution < 1.29 is 14.4 Å². The van der Waals surface area contributed by atoms with Gasteiger partial charge in [0.1, 0.15) is 0 Å². The van der Waals surface area contributed by atoms with E-state index in [1.54, 1.807) is 17.0 Å². The average molecular weight is 474 g/mol. The number of piperidine rings is 1. The lowest BCUT2D eigenvalue weighted by molar-refractivity contribution is -0.127. The van der Waals surface area contributed by atoms with Crippen molar-refractivity contribution in [2.45, 2.75) is 38.5 Å². The molecule has 2 aliphatic heterocycles. The van der Waals surface area contributed by atoms with Gasteiger partial charge in [0.05, 0.1) is 11.6 Å². The molecule has 0 spiro atoms. The first kappa shape index (κ1) is 24.3. The Balaban J connectivity index is 1.30. The zero-order valence-electron chi connectivity index (χ0n) is 20.0. The first-order valence-corrected chi connectivity index (χ1v) is 12.2. The van der Waals surface area contributed by atoms with Crippen molar-refractivity contribution >= 4 is 23.5 Å². The summed E-state index contributed by atoms with van der Waals surface area (Å²) >= 11 is 0. The minimum atomic E-state index is -0.354. The van der Waals surface area contributed by atoms with E-state index in [4.69, 9.17) is 5.26 Å². The summed E-state index contributed by atoms with van der Waals surface area (Å²) in [5.74, 6) is 0.469. The minimum Gasteiger partial charge on any atom is -0.341 e. The number of carbonyl (C=O) groups excluding carboxylic acids is 3. The van der Waals surface area contributed by atoms with Gasteiger partial charge in [-0.15, -0.1) is 0 Å². The van der Waals surface area contributed by atoms with E-state index in [-0.39, 0.29) is 17.8 Å². The average Bonchev–Trinajstić information content (AvgIpc) is 3.29. The summed E-state index contributed by atoms with van der Waals surface area (Å²) in [7, 11) is 0. The minimum absolute atomic E-state index is 0.0423. The molecule has 0 aromatic heterocycles. The van der Waals surface area contributed by atoms with E-state index in [0.29, 0.717) is 55.3 Å². The second-order valence-corrected chi connectivity index (χ2v) is 9.20. The number of benzene rings is 2. The van der Waals surface area contributed by atoms with Gasteiger partial charge in [-0.05, 0) is 67.5 Å². The third-order valence-electron chi connectivity index (χ3n) is 6.86. The fourth-order valence-electron chi connectivity index (χ4n) is 4.73. The van der Waals surface area contributed by atoms with Crippen molar-refractivity contribution in [3.63, 3.8) is 0 Å². The summed E-state index contributed by atoms with van der Waals surface area (Å²) in [5.41, 5.74) is 3.87. The summed E-state index contributed by atoms with van der Waals surface area (Å²) in [4.78, 5) is 40.8. The molecule has 0 unspecified atom stereocenters. The molecule has 2 fully saturated rings. The summed E-state index contributed by atoms with van der Waals surface area (Å²) in [5, 5.41) is 14.6. The fraction of sp³-hybridized carbons (Fsp3) is 0.407. The van der Waals surface area contributed by atoms with Gasteiger partial charge in [0, 0.05) is 50.4 Å². The van der Waals surface area contributed by atoms with E-state index in [1.165, 1.54) is 5.56 Å². The van der Waals surface area contributed by atoms with E-state index in [9.17, 15) is 14.4 Å². The summed E-state index contributed by atoms with van der Waals surface area (Å²) in [6.07, 6.45) is 3.20. The highest BCUT2D eigenvalue weighted by atomic mass is 16.2. The molecule has 2 aliphatic rings. The Bertz CT molecular complexity index is 1130. The number of amides is 4. The van der Waals surface area contributed by atoms with Gasteiger partial charge in [0.2, 0.25) is 5.91 Å². The van der Waals surface area contributed by atoms with Crippen molar-refractivity contribution in [2.24, 2.45) is 0 Å². The van der Waals surface area contributed by atoms with Crippen LogP contribution in [-0.4, -0.2) is 60.4 Å². The van der Waals surface area contributed by atoms with Crippen molar-refractivity contribution in [1.82, 2.24) is 15.1 Å². The lowest BCUT2D eigenvalue weighted by Gasteiger charge is -2.32. The Hall–Kier alpha value is -3.86. The van der Waals surface area contributed by atoms with Gasteiger partial charge >= 0.3 is 6.03 Å². The molecule has 8 nitrogen and oxygen atoms in total. The Morgan fingerprint density at radius 3 is 2.49 bits per heavy atom. The van der Waals surface area contributed by atoms with Crippen LogP contribution in [0.25, 0.3) is 0 Å². The maximum atomic E-state index is 13.1. The number of nitrogens with zero attached hydrogens (tertiary/aromatic N) is 3. The third kappa shape index (κ3) is 5.99. The smallest absolute Gasteiger partial charge is 0.319 e. The molecule has 0 aliphatic carbocycles. The Morgan fingerprint density at radius 2 is 1.83 bits per heavy atom. The number of nitrogens with one attached hydrogen (secondary N) is 2. The van der Waals surface area contributed by atoms with Crippen LogP contribution in [0, 0.1) is 18.3 Å². The number of rotatable bonds is 6. The van der Waals surface area contributed by atoms with Crippen molar-refractivity contribution in [3.8, 4) is 6.07 Å². The van der Waals surface area contributed by atoms with Gasteiger partial charge in [-0.1, -0.05) is 18.2 Å². The molecule has 35 heavy (non-hydrogen) atoms. The second-order valence-electron chi connectivity index (χ2n) is 9.20. The number of nitriles is 1. The highest BCUT2D eigenvalue weighted by Gasteiger charge is 2.25. The normalized spacial score (nSPS) is 16.2. The first-order valence-electron chi connectivity index (χ1n) is 12.2. The number of anilines is 1. The van der Waals surface area contributed by atoms with Crippen molar-refractivity contribution in [1.29, 1.82) is 5.26 Å². The van der Waals surface area contributed by atoms with Gasteiger partial charge in [-0.2, -0.15) is 5.26 Å². The molecule has 2 saturated heterocycles. The van der Waals surface area contributed by atoms with Crippen LogP contribution in [0.2, 0.25) is 0 Å². The third-order valence-corrected chi connectivity index (χ3v) is 6.86. The zero-order valence-corrected chi connectivity index (χ0v) is 20.0. The molecule has 2 aromatic rings. The Kier molecular flexibility index (Phi) is 7.66. The van der Waals surface area contributed by atoms with Gasteiger partial charge in [-0.3, -0.25) is 9.59 Å². The maximum absolute atomic E-state index is 13.1. The van der Waals surface area contributed by atoms with E-state index in [1.807, 2.05) is 42.2 Å². The molecular formula is C27H31N5O3. The van der Waals surface area contributed by atoms with Gasteiger partial charge in [0.15, 0.2) is 0 Å². The molecule has 2 heterocycles. The molecule has 2 aromatic carbocycles. The highest BCUT2D eigenvalue weighted by molar-refractivity contribution is 5.97. The Labute approximate surface area is 205 Å². The van der Waals surface area contributed by atoms with Gasteiger partial charge in [0.25, 0.3) is 5.91 Å². The largest absolute Gasteiger partial charge is 0.341 e. The second kappa shape index (κ2) is 11.0. The summed E-state index contributed by atoms with van der Waals surface area (Å²) in [6, 6.07) is 14.9. The standard InChI is InChI=1S/C27H31N5O3/c1-19-4-7-23(17-24(19)30-27(35)29-12-16-31-13-2-3-25(31)33)26(34)32-14-10-22(11-15-32)21-8-5-20(18-28)6-9-21/h4-9,17,22H,2-3,10-16H2,1H3,(H2,29,30,35). The lowest BCUT2D eigenvalue weighted by atomic mass is 9.89. The monoisotopic (exact) mass is 473 g/mol. The van der Waals surface area contributed by atoms with E-state index >= 15 is 0 Å². The molecule has 2 N–H and O–H groups in total. The van der Waals surface area contributed by atoms with Gasteiger partial charge < -0.3 is 20.4 Å². The number of likely N-dealkylation sites (tertiary alicyclic amines) is 2. The molecular weight excluding hydrogens is 442 g/mol. The van der Waals surface area contributed by atoms with Crippen LogP contribution < -0.4 is 10.6 Å². The molecule has 4 amide bonds. The van der Waals surface area contributed by atoms with Crippen LogP contribution >= 0.6 is 0 Å². The zero-order chi connectivity index (χ0) is 24.8. The van der Waals surface area contributed by atoms with Crippen LogP contribution in [0.3, 0.4) is 0 Å². The van der Waals surface area contributed by atoms with Crippen LogP contribution in [0.15, 0.2) is 42.5 Å². The number of hydrogen-bond acceptors (Lipinski definition) is 4. The molecule has 0 bridgehead atoms. The van der Waals surface area contributed by atoms with E-state index in [2.05, 4.69) is 16.7 Å². The topological polar surface area (TPSA) is 106 Å². The first-order chi connectivity index (χ1) is 16.9. The van der Waals surface area contributed by atoms with Crippen LogP contribution in [0.4, 0.5) is 10.5 Å². The van der Waals surface area contributed by atoms with Crippen LogP contribution in [0.1, 0.15) is 58.6 Å². The number of carbonyl (C=O) groups is 3. The molecule has 4 rings (SSSR count). The van der Waals surface area contributed by atoms with E-state index in [0.717, 1.165) is 31.4 Å². The molecule has 8 heteroatoms. The van der Waals surface area contributed by atoms with Gasteiger partial charge in [-0.25, -0.2) is 4.79 Å². The predicted molar refractivity (Wildman–Crippen MR) is 133 cm³/mol. The highest BCUT2D eigenvalue weighted by Crippen LogP contribution is 2.29.